The van der Waals surface area contributed by atoms with Gasteiger partial charge in [-0.15, -0.1) is 0 Å². The van der Waals surface area contributed by atoms with Gasteiger partial charge in [0.25, 0.3) is 0 Å². The zero-order valence-corrected chi connectivity index (χ0v) is 13.2. The molecule has 0 atom stereocenters. The van der Waals surface area contributed by atoms with Crippen molar-refractivity contribution in [2.24, 2.45) is 0 Å². The van der Waals surface area contributed by atoms with Crippen molar-refractivity contribution in [3.63, 3.8) is 0 Å². The van der Waals surface area contributed by atoms with Crippen LogP contribution < -0.4 is 0 Å². The molecule has 0 unspecified atom stereocenters. The van der Waals surface area contributed by atoms with E-state index in [1.807, 2.05) is 0 Å². The Morgan fingerprint density at radius 2 is 0.846 bits per heavy atom. The van der Waals surface area contributed by atoms with Crippen LogP contribution in [0.2, 0.25) is 0 Å². The van der Waals surface area contributed by atoms with Gasteiger partial charge in [0, 0.05) is 0 Å². The normalized spacial score (nSPS) is 9.46. The van der Waals surface area contributed by atoms with Gasteiger partial charge in [-0.3, -0.25) is 0 Å². The van der Waals surface area contributed by atoms with Gasteiger partial charge in [0.15, 0.2) is 0 Å². The number of hydrogen-bond acceptors (Lipinski definition) is 0. The van der Waals surface area contributed by atoms with Gasteiger partial charge in [-0.1, -0.05) is 0 Å². The van der Waals surface area contributed by atoms with E-state index in [-0.39, 0.29) is 0 Å². The van der Waals surface area contributed by atoms with Gasteiger partial charge >= 0.3 is 91.4 Å². The minimum atomic E-state index is -1.53. The summed E-state index contributed by atoms with van der Waals surface area (Å²) in [6.07, 6.45) is 0. The molecular weight excluding hydrogens is 353 g/mol. The molecule has 0 rings (SSSR count). The van der Waals surface area contributed by atoms with Crippen LogP contribution in [0, 0.1) is 0 Å². The molecule has 74 valence electrons. The van der Waals surface area contributed by atoms with Gasteiger partial charge in [-0.05, 0) is 0 Å². The van der Waals surface area contributed by atoms with Gasteiger partial charge in [-0.25, -0.2) is 0 Å². The third kappa shape index (κ3) is 8.43. The van der Waals surface area contributed by atoms with Gasteiger partial charge < -0.3 is 0 Å². The van der Waals surface area contributed by atoms with Crippen molar-refractivity contribution in [1.29, 1.82) is 0 Å². The van der Waals surface area contributed by atoms with E-state index in [9.17, 15) is 0 Å². The number of rotatable bonds is 3. The maximum atomic E-state index is 2.50. The zero-order valence-electron chi connectivity index (χ0n) is 9.68. The summed E-state index contributed by atoms with van der Waals surface area (Å²) in [5.74, 6) is 0. The number of hydrogen-bond donors (Lipinski definition) is 0. The molecule has 0 bridgehead atoms. The second-order valence-corrected chi connectivity index (χ2v) is 10.6. The van der Waals surface area contributed by atoms with Crippen LogP contribution in [0.5, 0.6) is 0 Å². The van der Waals surface area contributed by atoms with Crippen LogP contribution in [-0.4, -0.2) is 21.8 Å². The average molecular weight is 374 g/mol. The van der Waals surface area contributed by atoms with Crippen LogP contribution >= 0.6 is 0 Å². The average Bonchev–Trinajstić information content (AvgIpc) is 1.80. The Bertz CT molecular complexity index is 189. The zero-order chi connectivity index (χ0) is 10.4. The van der Waals surface area contributed by atoms with Crippen LogP contribution in [0.25, 0.3) is 0 Å². The first-order valence-electron chi connectivity index (χ1n) is 4.64. The Hall–Kier alpha value is 0.103. The van der Waals surface area contributed by atoms with E-state index in [1.165, 1.54) is 16.7 Å². The Morgan fingerprint density at radius 1 is 0.615 bits per heavy atom. The van der Waals surface area contributed by atoms with Crippen LogP contribution in [0.15, 0.2) is 28.1 Å². The predicted octanol–water partition coefficient (Wildman–Crippen LogP) is 4.00. The van der Waals surface area contributed by atoms with Gasteiger partial charge in [0.1, 0.15) is 0 Å². The molecule has 13 heavy (non-hydrogen) atoms. The molecular formula is C12H21Bi. The van der Waals surface area contributed by atoms with E-state index in [2.05, 4.69) is 52.9 Å². The summed E-state index contributed by atoms with van der Waals surface area (Å²) < 4.78 is 7.49. The minimum absolute atomic E-state index is 1.47. The molecule has 0 radical (unpaired) electrons. The molecule has 0 spiro atoms. The second kappa shape index (κ2) is 6.54. The van der Waals surface area contributed by atoms with E-state index in [1.54, 1.807) is 0 Å². The summed E-state index contributed by atoms with van der Waals surface area (Å²) in [6, 6.07) is 0. The third-order valence-electron chi connectivity index (χ3n) is 1.22. The Balaban J connectivity index is 4.68. The van der Waals surface area contributed by atoms with Crippen molar-refractivity contribution in [3.8, 4) is 0 Å². The standard InChI is InChI=1S/3C4H7.Bi/c3*1-4(2)3;/h3*1H,2-3H3;. The topological polar surface area (TPSA) is 0 Å². The fraction of sp³-hybridized carbons (Fsp3) is 0.500. The Morgan fingerprint density at radius 3 is 1.00 bits per heavy atom. The maximum absolute atomic E-state index is 2.50. The van der Waals surface area contributed by atoms with E-state index < -0.39 is 21.8 Å². The summed E-state index contributed by atoms with van der Waals surface area (Å²) >= 11 is -1.53. The van der Waals surface area contributed by atoms with Crippen LogP contribution in [0.1, 0.15) is 41.5 Å². The summed E-state index contributed by atoms with van der Waals surface area (Å²) in [5.41, 5.74) is 4.40. The van der Waals surface area contributed by atoms with Gasteiger partial charge in [-0.2, -0.15) is 0 Å². The van der Waals surface area contributed by atoms with E-state index in [4.69, 9.17) is 0 Å². The molecule has 0 amide bonds. The first kappa shape index (κ1) is 13.1. The molecule has 0 nitrogen and oxygen atoms in total. The van der Waals surface area contributed by atoms with Gasteiger partial charge in [0.2, 0.25) is 0 Å². The van der Waals surface area contributed by atoms with Crippen LogP contribution in [0.3, 0.4) is 0 Å². The molecule has 0 aliphatic heterocycles. The molecule has 0 fully saturated rings. The molecule has 0 N–H and O–H groups in total. The monoisotopic (exact) mass is 374 g/mol. The van der Waals surface area contributed by atoms with Crippen molar-refractivity contribution in [2.75, 3.05) is 0 Å². The summed E-state index contributed by atoms with van der Waals surface area (Å²) in [5, 5.41) is 0. The van der Waals surface area contributed by atoms with E-state index >= 15 is 0 Å². The fourth-order valence-electron chi connectivity index (χ4n) is 1.01. The fourth-order valence-corrected chi connectivity index (χ4v) is 8.83. The molecule has 0 aromatic rings. The first-order chi connectivity index (χ1) is 5.91. The van der Waals surface area contributed by atoms with Crippen molar-refractivity contribution in [1.82, 2.24) is 0 Å². The Labute approximate surface area is 91.1 Å². The molecule has 1 heteroatoms. The van der Waals surface area contributed by atoms with Crippen LogP contribution in [-0.2, 0) is 0 Å². The molecule has 0 aliphatic carbocycles. The van der Waals surface area contributed by atoms with Crippen LogP contribution in [0.4, 0.5) is 0 Å². The van der Waals surface area contributed by atoms with Crippen molar-refractivity contribution >= 4 is 21.8 Å². The Kier molecular flexibility index (Phi) is 6.59. The van der Waals surface area contributed by atoms with Crippen molar-refractivity contribution in [2.45, 2.75) is 41.5 Å². The summed E-state index contributed by atoms with van der Waals surface area (Å²) in [4.78, 5) is 0. The SMILES string of the molecule is CC(C)=[CH][Bi]([CH]=C(C)C)[CH]=C(C)C. The molecule has 0 saturated heterocycles. The molecule has 0 aromatic carbocycles. The molecule has 0 saturated carbocycles. The molecule has 0 aromatic heterocycles. The van der Waals surface area contributed by atoms with E-state index in [0.29, 0.717) is 0 Å². The first-order valence-corrected chi connectivity index (χ1v) is 10.7. The molecule has 0 heterocycles. The summed E-state index contributed by atoms with van der Waals surface area (Å²) in [7, 11) is 0. The van der Waals surface area contributed by atoms with E-state index in [0.717, 1.165) is 0 Å². The van der Waals surface area contributed by atoms with Gasteiger partial charge in [0.05, 0.1) is 0 Å². The number of allylic oxidation sites excluding steroid dienone is 3. The summed E-state index contributed by atoms with van der Waals surface area (Å²) in [6.45, 7) is 13.2. The second-order valence-electron chi connectivity index (χ2n) is 4.07. The third-order valence-corrected chi connectivity index (χ3v) is 10.7. The van der Waals surface area contributed by atoms with Crippen molar-refractivity contribution in [3.05, 3.63) is 28.1 Å². The quantitative estimate of drug-likeness (QED) is 0.656. The predicted molar refractivity (Wildman–Crippen MR) is 64.0 cm³/mol. The van der Waals surface area contributed by atoms with Crippen molar-refractivity contribution < 1.29 is 0 Å². The molecule has 0 aliphatic rings.